The number of ether oxygens (including phenoxy) is 1. The molecule has 0 bridgehead atoms. The molecule has 0 atom stereocenters. The average Bonchev–Trinajstić information content (AvgIpc) is 2.99. The number of amides is 1. The summed E-state index contributed by atoms with van der Waals surface area (Å²) in [5, 5.41) is 12.3. The van der Waals surface area contributed by atoms with Crippen LogP contribution in [0.4, 0.5) is 14.9 Å². The highest BCUT2D eigenvalue weighted by Crippen LogP contribution is 2.28. The predicted octanol–water partition coefficient (Wildman–Crippen LogP) is 8.07. The van der Waals surface area contributed by atoms with Crippen LogP contribution in [-0.2, 0) is 11.3 Å². The van der Waals surface area contributed by atoms with Crippen LogP contribution in [0.5, 0.6) is 5.75 Å². The summed E-state index contributed by atoms with van der Waals surface area (Å²) in [4.78, 5) is 17.3. The maximum atomic E-state index is 13.5. The van der Waals surface area contributed by atoms with Crippen molar-refractivity contribution in [3.63, 3.8) is 0 Å². The average molecular weight is 576 g/mol. The molecule has 1 fully saturated rings. The highest BCUT2D eigenvalue weighted by molar-refractivity contribution is 5.91. The van der Waals surface area contributed by atoms with Crippen molar-refractivity contribution in [2.45, 2.75) is 70.4 Å². The minimum absolute atomic E-state index is 0.0357. The summed E-state index contributed by atoms with van der Waals surface area (Å²) in [6, 6.07) is 22.5. The van der Waals surface area contributed by atoms with E-state index < -0.39 is 5.82 Å². The Hall–Kier alpha value is -3.42. The topological polar surface area (TPSA) is 65.0 Å². The van der Waals surface area contributed by atoms with Gasteiger partial charge in [0.05, 0.1) is 5.69 Å². The van der Waals surface area contributed by atoms with Crippen molar-refractivity contribution in [2.75, 3.05) is 38.5 Å². The lowest BCUT2D eigenvalue weighted by Crippen LogP contribution is -2.38. The van der Waals surface area contributed by atoms with E-state index in [1.807, 2.05) is 54.6 Å². The zero-order valence-electron chi connectivity index (χ0n) is 24.9. The first-order valence-electron chi connectivity index (χ1n) is 15.5. The summed E-state index contributed by atoms with van der Waals surface area (Å²) in [6.07, 6.45) is 9.97. The third kappa shape index (κ3) is 10.4. The van der Waals surface area contributed by atoms with E-state index in [2.05, 4.69) is 22.2 Å². The number of benzene rings is 3. The molecule has 6 nitrogen and oxygen atoms in total. The second kappa shape index (κ2) is 16.9. The Bertz CT molecular complexity index is 1230. The summed E-state index contributed by atoms with van der Waals surface area (Å²) in [6.45, 7) is 4.75. The maximum absolute atomic E-state index is 13.5. The standard InChI is InChI=1S/C35H46FN3O3/c1-38(27-28-18-19-34(40)32(36)26-28)22-12-5-3-2-4-6-13-23-39-24-20-30(21-25-39)42-35(41)37-33-17-11-10-16-31(33)29-14-8-7-9-15-29/h7-11,14-19,26,30,40H,2-6,12-13,20-25,27H2,1H3,(H,37,41). The number of hydrogen-bond acceptors (Lipinski definition) is 5. The molecular formula is C35H46FN3O3. The van der Waals surface area contributed by atoms with Crippen LogP contribution >= 0.6 is 0 Å². The quantitative estimate of drug-likeness (QED) is 0.179. The highest BCUT2D eigenvalue weighted by Gasteiger charge is 2.22. The summed E-state index contributed by atoms with van der Waals surface area (Å²) in [5.41, 5.74) is 3.70. The number of nitrogens with one attached hydrogen (secondary N) is 1. The summed E-state index contributed by atoms with van der Waals surface area (Å²) in [5.74, 6) is -0.847. The fourth-order valence-corrected chi connectivity index (χ4v) is 5.64. The molecule has 226 valence electrons. The molecule has 1 amide bonds. The molecule has 0 unspecified atom stereocenters. The van der Waals surface area contributed by atoms with Crippen molar-refractivity contribution < 1.29 is 19.0 Å². The number of phenolic OH excluding ortho intramolecular Hbond substituents is 1. The van der Waals surface area contributed by atoms with Crippen molar-refractivity contribution in [3.8, 4) is 16.9 Å². The first-order chi connectivity index (χ1) is 20.5. The van der Waals surface area contributed by atoms with E-state index in [-0.39, 0.29) is 17.9 Å². The minimum atomic E-state index is -0.555. The van der Waals surface area contributed by atoms with Crippen molar-refractivity contribution in [1.82, 2.24) is 9.80 Å². The van der Waals surface area contributed by atoms with E-state index >= 15 is 0 Å². The zero-order valence-corrected chi connectivity index (χ0v) is 24.9. The zero-order chi connectivity index (χ0) is 29.6. The third-order valence-electron chi connectivity index (χ3n) is 8.04. The number of unbranched alkanes of at least 4 members (excludes halogenated alkanes) is 6. The minimum Gasteiger partial charge on any atom is -0.505 e. The first-order valence-corrected chi connectivity index (χ1v) is 15.5. The van der Waals surface area contributed by atoms with Crippen LogP contribution in [0.3, 0.4) is 0 Å². The molecule has 1 saturated heterocycles. The monoisotopic (exact) mass is 575 g/mol. The lowest BCUT2D eigenvalue weighted by Gasteiger charge is -2.31. The van der Waals surface area contributed by atoms with Gasteiger partial charge in [0.25, 0.3) is 0 Å². The van der Waals surface area contributed by atoms with Gasteiger partial charge in [-0.15, -0.1) is 0 Å². The Labute approximate surface area is 250 Å². The number of para-hydroxylation sites is 1. The molecule has 1 heterocycles. The normalized spacial score (nSPS) is 14.3. The van der Waals surface area contributed by atoms with Gasteiger partial charge in [0.2, 0.25) is 0 Å². The Morgan fingerprint density at radius 1 is 0.929 bits per heavy atom. The summed E-state index contributed by atoms with van der Waals surface area (Å²) in [7, 11) is 2.06. The number of aromatic hydroxyl groups is 1. The Kier molecular flexibility index (Phi) is 12.7. The van der Waals surface area contributed by atoms with Gasteiger partial charge in [0.1, 0.15) is 6.10 Å². The van der Waals surface area contributed by atoms with Crippen LogP contribution in [0.1, 0.15) is 63.4 Å². The molecule has 42 heavy (non-hydrogen) atoms. The van der Waals surface area contributed by atoms with Gasteiger partial charge < -0.3 is 19.6 Å². The van der Waals surface area contributed by atoms with Gasteiger partial charge in [-0.25, -0.2) is 9.18 Å². The fraction of sp³-hybridized carbons (Fsp3) is 0.457. The van der Waals surface area contributed by atoms with E-state index in [0.29, 0.717) is 6.54 Å². The lowest BCUT2D eigenvalue weighted by atomic mass is 10.0. The molecular weight excluding hydrogens is 529 g/mol. The van der Waals surface area contributed by atoms with E-state index in [4.69, 9.17) is 4.74 Å². The number of phenols is 1. The van der Waals surface area contributed by atoms with E-state index in [1.54, 1.807) is 6.07 Å². The van der Waals surface area contributed by atoms with Gasteiger partial charge in [0, 0.05) is 25.2 Å². The Morgan fingerprint density at radius 3 is 2.33 bits per heavy atom. The molecule has 2 N–H and O–H groups in total. The number of carbonyl (C=O) groups excluding carboxylic acids is 1. The van der Waals surface area contributed by atoms with E-state index in [1.165, 1.54) is 50.7 Å². The van der Waals surface area contributed by atoms with Gasteiger partial charge in [-0.1, -0.05) is 86.7 Å². The Morgan fingerprint density at radius 2 is 1.60 bits per heavy atom. The van der Waals surface area contributed by atoms with Gasteiger partial charge in [-0.05, 0) is 75.1 Å². The van der Waals surface area contributed by atoms with Gasteiger partial charge in [0.15, 0.2) is 11.6 Å². The number of carbonyl (C=O) groups is 1. The first kappa shape index (κ1) is 31.5. The summed E-state index contributed by atoms with van der Waals surface area (Å²) >= 11 is 0. The molecule has 0 radical (unpaired) electrons. The summed E-state index contributed by atoms with van der Waals surface area (Å²) < 4.78 is 19.3. The highest BCUT2D eigenvalue weighted by atomic mass is 19.1. The SMILES string of the molecule is CN(CCCCCCCCCN1CCC(OC(=O)Nc2ccccc2-c2ccccc2)CC1)Cc1ccc(O)c(F)c1. The van der Waals surface area contributed by atoms with E-state index in [9.17, 15) is 14.3 Å². The molecule has 0 saturated carbocycles. The molecule has 1 aliphatic rings. The number of nitrogens with zero attached hydrogens (tertiary/aromatic N) is 2. The molecule has 0 aliphatic carbocycles. The van der Waals surface area contributed by atoms with Gasteiger partial charge in [-0.3, -0.25) is 5.32 Å². The number of likely N-dealkylation sites (tertiary alicyclic amines) is 1. The molecule has 0 spiro atoms. The van der Waals surface area contributed by atoms with Crippen LogP contribution in [0.15, 0.2) is 72.8 Å². The van der Waals surface area contributed by atoms with Crippen molar-refractivity contribution >= 4 is 11.8 Å². The van der Waals surface area contributed by atoms with Gasteiger partial charge >= 0.3 is 6.09 Å². The maximum Gasteiger partial charge on any atom is 0.411 e. The molecule has 7 heteroatoms. The van der Waals surface area contributed by atoms with Crippen LogP contribution in [0.2, 0.25) is 0 Å². The molecule has 4 rings (SSSR count). The van der Waals surface area contributed by atoms with Crippen LogP contribution in [-0.4, -0.2) is 60.3 Å². The molecule has 0 aromatic heterocycles. The number of piperidine rings is 1. The van der Waals surface area contributed by atoms with Crippen LogP contribution in [0.25, 0.3) is 11.1 Å². The van der Waals surface area contributed by atoms with Crippen molar-refractivity contribution in [2.24, 2.45) is 0 Å². The second-order valence-corrected chi connectivity index (χ2v) is 11.5. The number of rotatable bonds is 15. The van der Waals surface area contributed by atoms with Crippen molar-refractivity contribution in [3.05, 3.63) is 84.2 Å². The molecule has 3 aromatic rings. The van der Waals surface area contributed by atoms with Gasteiger partial charge in [-0.2, -0.15) is 0 Å². The van der Waals surface area contributed by atoms with Crippen LogP contribution in [0, 0.1) is 5.82 Å². The molecule has 3 aromatic carbocycles. The second-order valence-electron chi connectivity index (χ2n) is 11.5. The van der Waals surface area contributed by atoms with Crippen molar-refractivity contribution in [1.29, 1.82) is 0 Å². The molecule has 1 aliphatic heterocycles. The predicted molar refractivity (Wildman–Crippen MR) is 168 cm³/mol. The van der Waals surface area contributed by atoms with E-state index in [0.717, 1.165) is 67.8 Å². The fourth-order valence-electron chi connectivity index (χ4n) is 5.64. The lowest BCUT2D eigenvalue weighted by molar-refractivity contribution is 0.0584. The number of anilines is 1. The Balaban J connectivity index is 1.01. The third-order valence-corrected chi connectivity index (χ3v) is 8.04. The number of halogens is 1. The number of hydrogen-bond donors (Lipinski definition) is 2. The van der Waals surface area contributed by atoms with Crippen LogP contribution < -0.4 is 5.32 Å². The smallest absolute Gasteiger partial charge is 0.411 e. The largest absolute Gasteiger partial charge is 0.505 e.